The van der Waals surface area contributed by atoms with E-state index in [1.54, 1.807) is 24.3 Å². The second kappa shape index (κ2) is 9.42. The van der Waals surface area contributed by atoms with Crippen molar-refractivity contribution in [1.82, 2.24) is 9.80 Å². The van der Waals surface area contributed by atoms with Crippen molar-refractivity contribution in [2.24, 2.45) is 0 Å². The minimum Gasteiger partial charge on any atom is -0.468 e. The molecule has 3 rings (SSSR count). The Morgan fingerprint density at radius 3 is 2.20 bits per heavy atom. The zero-order chi connectivity index (χ0) is 21.8. The third-order valence-electron chi connectivity index (χ3n) is 4.96. The predicted octanol–water partition coefficient (Wildman–Crippen LogP) is 3.57. The van der Waals surface area contributed by atoms with E-state index in [0.29, 0.717) is 31.2 Å². The van der Waals surface area contributed by atoms with E-state index in [9.17, 15) is 19.7 Å². The van der Waals surface area contributed by atoms with Gasteiger partial charge in [-0.05, 0) is 29.8 Å². The smallest absolute Gasteiger partial charge is 0.327 e. The fourth-order valence-corrected chi connectivity index (χ4v) is 3.74. The van der Waals surface area contributed by atoms with E-state index in [0.717, 1.165) is 5.56 Å². The van der Waals surface area contributed by atoms with Gasteiger partial charge in [0.05, 0.1) is 12.0 Å². The molecule has 0 N–H and O–H groups in total. The molecular formula is C20H19Cl2N3O5. The summed E-state index contributed by atoms with van der Waals surface area (Å²) >= 11 is 11.8. The van der Waals surface area contributed by atoms with Crippen molar-refractivity contribution < 1.29 is 19.2 Å². The van der Waals surface area contributed by atoms with Gasteiger partial charge in [-0.25, -0.2) is 4.79 Å². The summed E-state index contributed by atoms with van der Waals surface area (Å²) in [6.07, 6.45) is 0. The molecule has 0 spiro atoms. The van der Waals surface area contributed by atoms with E-state index < -0.39 is 22.8 Å². The van der Waals surface area contributed by atoms with Crippen LogP contribution in [0.25, 0.3) is 0 Å². The highest BCUT2D eigenvalue weighted by molar-refractivity contribution is 6.31. The molecule has 2 aromatic rings. The van der Waals surface area contributed by atoms with Gasteiger partial charge in [0.2, 0.25) is 0 Å². The molecule has 0 aliphatic carbocycles. The SMILES string of the molecule is COC(=O)C(c1ccc(Cl)cc1)N1CCN(C(=O)c2ccc(Cl)cc2[N+](=O)[O-])CC1. The number of carbonyl (C=O) groups excluding carboxylic acids is 2. The molecule has 0 aromatic heterocycles. The molecule has 1 heterocycles. The standard InChI is InChI=1S/C20H19Cl2N3O5/c1-30-20(27)18(13-2-4-14(21)5-3-13)23-8-10-24(11-9-23)19(26)16-7-6-15(22)12-17(16)25(28)29/h2-7,12,18H,8-11H2,1H3. The quantitative estimate of drug-likeness (QED) is 0.391. The molecule has 1 atom stereocenters. The van der Waals surface area contributed by atoms with Crippen LogP contribution in [0.1, 0.15) is 22.0 Å². The lowest BCUT2D eigenvalue weighted by Crippen LogP contribution is -2.51. The summed E-state index contributed by atoms with van der Waals surface area (Å²) in [6, 6.07) is 10.3. The van der Waals surface area contributed by atoms with Crippen molar-refractivity contribution in [3.8, 4) is 0 Å². The average molecular weight is 452 g/mol. The molecular weight excluding hydrogens is 433 g/mol. The van der Waals surface area contributed by atoms with E-state index in [4.69, 9.17) is 27.9 Å². The van der Waals surface area contributed by atoms with Crippen molar-refractivity contribution >= 4 is 40.8 Å². The Kier molecular flexibility index (Phi) is 6.91. The van der Waals surface area contributed by atoms with Crippen molar-refractivity contribution in [1.29, 1.82) is 0 Å². The number of ether oxygens (including phenoxy) is 1. The van der Waals surface area contributed by atoms with Crippen molar-refractivity contribution in [3.63, 3.8) is 0 Å². The minimum absolute atomic E-state index is 0.0138. The number of esters is 1. The largest absolute Gasteiger partial charge is 0.468 e. The van der Waals surface area contributed by atoms with Gasteiger partial charge in [-0.3, -0.25) is 19.8 Å². The molecule has 0 bridgehead atoms. The maximum absolute atomic E-state index is 12.9. The predicted molar refractivity (Wildman–Crippen MR) is 112 cm³/mol. The summed E-state index contributed by atoms with van der Waals surface area (Å²) in [5.41, 5.74) is 0.392. The van der Waals surface area contributed by atoms with Crippen LogP contribution >= 0.6 is 23.2 Å². The van der Waals surface area contributed by atoms with Gasteiger partial charge < -0.3 is 9.64 Å². The molecule has 1 unspecified atom stereocenters. The molecule has 2 aromatic carbocycles. The van der Waals surface area contributed by atoms with Crippen molar-refractivity contribution in [2.45, 2.75) is 6.04 Å². The number of nitro groups is 1. The van der Waals surface area contributed by atoms with Gasteiger partial charge in [-0.15, -0.1) is 0 Å². The number of hydrogen-bond acceptors (Lipinski definition) is 6. The Hall–Kier alpha value is -2.68. The Labute approximate surface area is 183 Å². The van der Waals surface area contributed by atoms with E-state index in [1.807, 2.05) is 4.90 Å². The Morgan fingerprint density at radius 2 is 1.63 bits per heavy atom. The third kappa shape index (κ3) is 4.72. The molecule has 0 saturated carbocycles. The summed E-state index contributed by atoms with van der Waals surface area (Å²) < 4.78 is 4.97. The lowest BCUT2D eigenvalue weighted by Gasteiger charge is -2.38. The molecule has 0 radical (unpaired) electrons. The molecule has 158 valence electrons. The van der Waals surface area contributed by atoms with E-state index >= 15 is 0 Å². The normalized spacial score (nSPS) is 15.5. The van der Waals surface area contributed by atoms with Crippen molar-refractivity contribution in [3.05, 3.63) is 73.8 Å². The van der Waals surface area contributed by atoms with Gasteiger partial charge >= 0.3 is 5.97 Å². The number of halogens is 2. The van der Waals surface area contributed by atoms with Crippen LogP contribution in [0, 0.1) is 10.1 Å². The summed E-state index contributed by atoms with van der Waals surface area (Å²) in [7, 11) is 1.32. The number of amides is 1. The molecule has 10 heteroatoms. The summed E-state index contributed by atoms with van der Waals surface area (Å²) in [5, 5.41) is 12.0. The highest BCUT2D eigenvalue weighted by Gasteiger charge is 2.34. The first-order chi connectivity index (χ1) is 14.3. The molecule has 1 aliphatic heterocycles. The number of hydrogen-bond donors (Lipinski definition) is 0. The van der Waals surface area contributed by atoms with Crippen LogP contribution in [0.3, 0.4) is 0 Å². The highest BCUT2D eigenvalue weighted by atomic mass is 35.5. The average Bonchev–Trinajstić information content (AvgIpc) is 2.75. The maximum Gasteiger partial charge on any atom is 0.327 e. The number of benzene rings is 2. The fraction of sp³-hybridized carbons (Fsp3) is 0.300. The number of piperazine rings is 1. The highest BCUT2D eigenvalue weighted by Crippen LogP contribution is 2.28. The van der Waals surface area contributed by atoms with Gasteiger partial charge in [0.15, 0.2) is 0 Å². The zero-order valence-corrected chi connectivity index (χ0v) is 17.6. The van der Waals surface area contributed by atoms with Crippen LogP contribution in [0.15, 0.2) is 42.5 Å². The molecule has 1 saturated heterocycles. The summed E-state index contributed by atoms with van der Waals surface area (Å²) in [5.74, 6) is -0.857. The lowest BCUT2D eigenvalue weighted by atomic mass is 10.0. The van der Waals surface area contributed by atoms with Gasteiger partial charge in [0.25, 0.3) is 11.6 Å². The van der Waals surface area contributed by atoms with Gasteiger partial charge in [0.1, 0.15) is 11.6 Å². The lowest BCUT2D eigenvalue weighted by molar-refractivity contribution is -0.385. The first-order valence-corrected chi connectivity index (χ1v) is 9.88. The first-order valence-electron chi connectivity index (χ1n) is 9.12. The summed E-state index contributed by atoms with van der Waals surface area (Å²) in [6.45, 7) is 1.41. The zero-order valence-electron chi connectivity index (χ0n) is 16.1. The first kappa shape index (κ1) is 22.0. The van der Waals surface area contributed by atoms with E-state index in [-0.39, 0.29) is 16.3 Å². The van der Waals surface area contributed by atoms with E-state index in [2.05, 4.69) is 0 Å². The topological polar surface area (TPSA) is 93.0 Å². The Morgan fingerprint density at radius 1 is 1.03 bits per heavy atom. The number of nitrogens with zero attached hydrogens (tertiary/aromatic N) is 3. The van der Waals surface area contributed by atoms with Crippen molar-refractivity contribution in [2.75, 3.05) is 33.3 Å². The van der Waals surface area contributed by atoms with Crippen LogP contribution in [0.5, 0.6) is 0 Å². The number of nitro benzene ring substituents is 1. The number of methoxy groups -OCH3 is 1. The minimum atomic E-state index is -0.630. The van der Waals surface area contributed by atoms with Crippen LogP contribution in [0.4, 0.5) is 5.69 Å². The second-order valence-corrected chi connectivity index (χ2v) is 7.60. The monoisotopic (exact) mass is 451 g/mol. The molecule has 1 amide bonds. The second-order valence-electron chi connectivity index (χ2n) is 6.72. The third-order valence-corrected chi connectivity index (χ3v) is 5.45. The van der Waals surface area contributed by atoms with E-state index in [1.165, 1.54) is 30.2 Å². The number of rotatable bonds is 5. The van der Waals surface area contributed by atoms with Crippen LogP contribution < -0.4 is 0 Å². The molecule has 1 fully saturated rings. The number of carbonyl (C=O) groups is 2. The van der Waals surface area contributed by atoms with Crippen LogP contribution in [0.2, 0.25) is 10.0 Å². The van der Waals surface area contributed by atoms with Crippen LogP contribution in [-0.4, -0.2) is 59.9 Å². The van der Waals surface area contributed by atoms with Gasteiger partial charge in [-0.2, -0.15) is 0 Å². The Balaban J connectivity index is 1.76. The van der Waals surface area contributed by atoms with Crippen LogP contribution in [-0.2, 0) is 9.53 Å². The molecule has 30 heavy (non-hydrogen) atoms. The molecule has 1 aliphatic rings. The fourth-order valence-electron chi connectivity index (χ4n) is 3.44. The van der Waals surface area contributed by atoms with Gasteiger partial charge in [0, 0.05) is 42.3 Å². The Bertz CT molecular complexity index is 959. The summed E-state index contributed by atoms with van der Waals surface area (Å²) in [4.78, 5) is 39.4. The van der Waals surface area contributed by atoms with Gasteiger partial charge in [-0.1, -0.05) is 35.3 Å². The maximum atomic E-state index is 12.9. The molecule has 8 nitrogen and oxygen atoms in total.